The van der Waals surface area contributed by atoms with Gasteiger partial charge in [0.25, 0.3) is 0 Å². The van der Waals surface area contributed by atoms with Crippen LogP contribution < -0.4 is 5.32 Å². The lowest BCUT2D eigenvalue weighted by atomic mass is 9.99. The minimum atomic E-state index is -1.58. The SMILES string of the molecule is CCCCCCCC/C=C/CC/C=C/C(O)C(COC1OC(CO)C(O)C(O)C1O)NC(=O)CCCCCCCCCCCCCCCCCCCOC(=O)CCCCCCCCCCCCC. The van der Waals surface area contributed by atoms with Crippen molar-refractivity contribution >= 4 is 11.9 Å². The van der Waals surface area contributed by atoms with E-state index in [9.17, 15) is 35.1 Å². The largest absolute Gasteiger partial charge is 0.466 e. The predicted molar refractivity (Wildman–Crippen MR) is 278 cm³/mol. The fourth-order valence-corrected chi connectivity index (χ4v) is 8.98. The Bertz CT molecular complexity index is 1180. The first-order valence-electron chi connectivity index (χ1n) is 28.6. The number of hydrogen-bond acceptors (Lipinski definition) is 10. The van der Waals surface area contributed by atoms with Crippen LogP contribution in [0.5, 0.6) is 0 Å². The summed E-state index contributed by atoms with van der Waals surface area (Å²) < 4.78 is 16.7. The van der Waals surface area contributed by atoms with E-state index in [1.165, 1.54) is 167 Å². The van der Waals surface area contributed by atoms with Gasteiger partial charge in [-0.05, 0) is 44.9 Å². The highest BCUT2D eigenvalue weighted by Gasteiger charge is 2.44. The highest BCUT2D eigenvalue weighted by atomic mass is 16.7. The molecular formula is C57H107NO10. The van der Waals surface area contributed by atoms with Gasteiger partial charge in [-0.15, -0.1) is 0 Å². The fraction of sp³-hybridized carbons (Fsp3) is 0.895. The molecule has 7 unspecified atom stereocenters. The van der Waals surface area contributed by atoms with Crippen LogP contribution in [0.3, 0.4) is 0 Å². The Morgan fingerprint density at radius 3 is 1.46 bits per heavy atom. The summed E-state index contributed by atoms with van der Waals surface area (Å²) in [6.45, 7) is 4.29. The van der Waals surface area contributed by atoms with E-state index in [1.807, 2.05) is 6.08 Å². The number of carbonyl (C=O) groups excluding carboxylic acids is 2. The maximum atomic E-state index is 13.0. The van der Waals surface area contributed by atoms with Gasteiger partial charge in [0.05, 0.1) is 32.0 Å². The van der Waals surface area contributed by atoms with Crippen LogP contribution in [0.2, 0.25) is 0 Å². The first-order chi connectivity index (χ1) is 33.2. The highest BCUT2D eigenvalue weighted by Crippen LogP contribution is 2.23. The molecule has 400 valence electrons. The molecule has 6 N–H and O–H groups in total. The molecule has 7 atom stereocenters. The smallest absolute Gasteiger partial charge is 0.305 e. The van der Waals surface area contributed by atoms with Crippen molar-refractivity contribution in [3.8, 4) is 0 Å². The fourth-order valence-electron chi connectivity index (χ4n) is 8.98. The molecule has 0 spiro atoms. The number of aliphatic hydroxyl groups is 5. The Kier molecular flexibility index (Phi) is 44.8. The molecule has 0 aromatic heterocycles. The van der Waals surface area contributed by atoms with E-state index in [1.54, 1.807) is 6.08 Å². The second kappa shape index (κ2) is 47.5. The Morgan fingerprint density at radius 1 is 0.529 bits per heavy atom. The van der Waals surface area contributed by atoms with Gasteiger partial charge in [-0.2, -0.15) is 0 Å². The van der Waals surface area contributed by atoms with E-state index in [0.717, 1.165) is 70.6 Å². The van der Waals surface area contributed by atoms with Crippen molar-refractivity contribution < 1.29 is 49.3 Å². The lowest BCUT2D eigenvalue weighted by molar-refractivity contribution is -0.302. The van der Waals surface area contributed by atoms with Crippen LogP contribution in [0.4, 0.5) is 0 Å². The quantitative estimate of drug-likeness (QED) is 0.0196. The number of nitrogens with one attached hydrogen (secondary N) is 1. The van der Waals surface area contributed by atoms with Gasteiger partial charge in [-0.25, -0.2) is 0 Å². The molecule has 0 aliphatic carbocycles. The first kappa shape index (κ1) is 64.2. The van der Waals surface area contributed by atoms with Gasteiger partial charge in [0.15, 0.2) is 6.29 Å². The zero-order valence-electron chi connectivity index (χ0n) is 43.8. The summed E-state index contributed by atoms with van der Waals surface area (Å²) in [6.07, 6.45) is 45.5. The second-order valence-corrected chi connectivity index (χ2v) is 20.0. The van der Waals surface area contributed by atoms with Gasteiger partial charge in [-0.1, -0.05) is 231 Å². The molecule has 0 bridgehead atoms. The molecule has 11 nitrogen and oxygen atoms in total. The average Bonchev–Trinajstić information content (AvgIpc) is 3.33. The van der Waals surface area contributed by atoms with Crippen LogP contribution in [-0.4, -0.2) is 100 Å². The van der Waals surface area contributed by atoms with E-state index in [0.29, 0.717) is 19.4 Å². The second-order valence-electron chi connectivity index (χ2n) is 20.0. The van der Waals surface area contributed by atoms with Crippen LogP contribution >= 0.6 is 0 Å². The molecular weight excluding hydrogens is 859 g/mol. The molecule has 1 aliphatic rings. The van der Waals surface area contributed by atoms with E-state index >= 15 is 0 Å². The molecule has 1 heterocycles. The van der Waals surface area contributed by atoms with Crippen LogP contribution in [0.1, 0.15) is 264 Å². The van der Waals surface area contributed by atoms with Crippen molar-refractivity contribution in [3.05, 3.63) is 24.3 Å². The molecule has 11 heteroatoms. The zero-order chi connectivity index (χ0) is 49.6. The van der Waals surface area contributed by atoms with E-state index in [4.69, 9.17) is 14.2 Å². The minimum Gasteiger partial charge on any atom is -0.466 e. The van der Waals surface area contributed by atoms with E-state index in [-0.39, 0.29) is 18.5 Å². The summed E-state index contributed by atoms with van der Waals surface area (Å²) in [4.78, 5) is 25.0. The van der Waals surface area contributed by atoms with Crippen molar-refractivity contribution in [1.29, 1.82) is 0 Å². The summed E-state index contributed by atoms with van der Waals surface area (Å²) in [7, 11) is 0. The summed E-state index contributed by atoms with van der Waals surface area (Å²) in [5.74, 6) is -0.210. The van der Waals surface area contributed by atoms with Crippen molar-refractivity contribution in [3.63, 3.8) is 0 Å². The van der Waals surface area contributed by atoms with Crippen molar-refractivity contribution in [1.82, 2.24) is 5.32 Å². The number of carbonyl (C=O) groups is 2. The molecule has 68 heavy (non-hydrogen) atoms. The number of amides is 1. The van der Waals surface area contributed by atoms with Gasteiger partial charge >= 0.3 is 5.97 Å². The Morgan fingerprint density at radius 2 is 0.956 bits per heavy atom. The summed E-state index contributed by atoms with van der Waals surface area (Å²) in [5.41, 5.74) is 0. The molecule has 0 aromatic rings. The molecule has 0 radical (unpaired) electrons. The third-order valence-electron chi connectivity index (χ3n) is 13.6. The number of esters is 1. The molecule has 1 amide bonds. The number of rotatable bonds is 49. The van der Waals surface area contributed by atoms with Crippen LogP contribution in [0, 0.1) is 0 Å². The number of unbranched alkanes of at least 4 members (excludes halogenated alkanes) is 33. The maximum absolute atomic E-state index is 13.0. The van der Waals surface area contributed by atoms with E-state index < -0.39 is 49.5 Å². The molecule has 0 saturated carbocycles. The summed E-state index contributed by atoms with van der Waals surface area (Å²) in [5, 5.41) is 54.3. The lowest BCUT2D eigenvalue weighted by Crippen LogP contribution is -2.60. The Hall–Kier alpha value is -1.86. The number of ether oxygens (including phenoxy) is 3. The van der Waals surface area contributed by atoms with Gasteiger partial charge in [0, 0.05) is 12.8 Å². The molecule has 1 fully saturated rings. The topological polar surface area (TPSA) is 175 Å². The van der Waals surface area contributed by atoms with Crippen LogP contribution in [0.15, 0.2) is 24.3 Å². The first-order valence-corrected chi connectivity index (χ1v) is 28.6. The average molecular weight is 966 g/mol. The predicted octanol–water partition coefficient (Wildman–Crippen LogP) is 12.6. The van der Waals surface area contributed by atoms with Gasteiger partial charge in [0.2, 0.25) is 5.91 Å². The highest BCUT2D eigenvalue weighted by molar-refractivity contribution is 5.76. The normalized spacial score (nSPS) is 19.5. The molecule has 1 saturated heterocycles. The van der Waals surface area contributed by atoms with Crippen LogP contribution in [0.25, 0.3) is 0 Å². The lowest BCUT2D eigenvalue weighted by Gasteiger charge is -2.40. The summed E-state index contributed by atoms with van der Waals surface area (Å²) in [6, 6.07) is -0.830. The third-order valence-corrected chi connectivity index (χ3v) is 13.6. The van der Waals surface area contributed by atoms with Gasteiger partial charge < -0.3 is 45.1 Å². The van der Waals surface area contributed by atoms with E-state index in [2.05, 4.69) is 31.3 Å². The minimum absolute atomic E-state index is 0.0125. The van der Waals surface area contributed by atoms with Gasteiger partial charge in [0.1, 0.15) is 24.4 Å². The third kappa shape index (κ3) is 37.0. The Balaban J connectivity index is 2.11. The molecule has 1 rings (SSSR count). The Labute approximate surface area is 416 Å². The number of allylic oxidation sites excluding steroid dienone is 3. The monoisotopic (exact) mass is 966 g/mol. The van der Waals surface area contributed by atoms with Gasteiger partial charge in [-0.3, -0.25) is 9.59 Å². The van der Waals surface area contributed by atoms with Crippen molar-refractivity contribution in [2.45, 2.75) is 307 Å². The van der Waals surface area contributed by atoms with Crippen molar-refractivity contribution in [2.24, 2.45) is 0 Å². The summed E-state index contributed by atoms with van der Waals surface area (Å²) >= 11 is 0. The molecule has 1 aliphatic heterocycles. The van der Waals surface area contributed by atoms with Crippen molar-refractivity contribution in [2.75, 3.05) is 19.8 Å². The maximum Gasteiger partial charge on any atom is 0.305 e. The number of aliphatic hydroxyl groups excluding tert-OH is 5. The standard InChI is InChI=1S/C57H107NO10/c1-3-5-7-9-11-13-15-24-27-31-35-39-43-50(60)49(48-67-57-56(65)55(64)54(63)51(47-59)68-57)58-52(61)44-40-36-32-28-25-21-19-17-16-18-20-22-26-30-34-38-42-46-66-53(62)45-41-37-33-29-23-14-12-10-8-6-4-2/h24,27,39,43,49-51,54-57,59-60,63-65H,3-23,25-26,28-38,40-42,44-48H2,1-2H3,(H,58,61)/b27-24+,43-39+. The zero-order valence-corrected chi connectivity index (χ0v) is 43.8. The van der Waals surface area contributed by atoms with Crippen LogP contribution in [-0.2, 0) is 23.8 Å². The molecule has 0 aromatic carbocycles. The number of hydrogen-bond donors (Lipinski definition) is 6.